The first-order chi connectivity index (χ1) is 15.3. The normalized spacial score (nSPS) is 14.3. The van der Waals surface area contributed by atoms with Crippen LogP contribution < -0.4 is 16.0 Å². The van der Waals surface area contributed by atoms with Crippen LogP contribution in [0.2, 0.25) is 0 Å². The molecule has 1 heterocycles. The third-order valence-electron chi connectivity index (χ3n) is 5.11. The van der Waals surface area contributed by atoms with Gasteiger partial charge in [0.1, 0.15) is 0 Å². The number of nitrogens with zero attached hydrogens (tertiary/aromatic N) is 2. The Balaban J connectivity index is 0.00000363. The maximum atomic E-state index is 12.1. The van der Waals surface area contributed by atoms with Crippen LogP contribution in [0.15, 0.2) is 59.6 Å². The van der Waals surface area contributed by atoms with Crippen molar-refractivity contribution >= 4 is 35.8 Å². The lowest BCUT2D eigenvalue weighted by Crippen LogP contribution is -2.41. The fourth-order valence-electron chi connectivity index (χ4n) is 3.42. The van der Waals surface area contributed by atoms with Gasteiger partial charge in [-0.25, -0.2) is 4.99 Å². The lowest BCUT2D eigenvalue weighted by atomic mass is 10.1. The quantitative estimate of drug-likeness (QED) is 0.193. The predicted molar refractivity (Wildman–Crippen MR) is 140 cm³/mol. The Morgan fingerprint density at radius 2 is 1.59 bits per heavy atom. The van der Waals surface area contributed by atoms with Crippen LogP contribution in [-0.4, -0.2) is 62.7 Å². The number of rotatable bonds is 9. The SMILES string of the molecule is CCNC(=NCc1ccccc1CN1CCOCC1)NCCNC(=O)c1ccccc1.I. The fraction of sp³-hybridized carbons (Fsp3) is 0.417. The summed E-state index contributed by atoms with van der Waals surface area (Å²) >= 11 is 0. The lowest BCUT2D eigenvalue weighted by molar-refractivity contribution is 0.0341. The van der Waals surface area contributed by atoms with Gasteiger partial charge in [0.15, 0.2) is 5.96 Å². The molecule has 1 aliphatic rings. The van der Waals surface area contributed by atoms with E-state index >= 15 is 0 Å². The van der Waals surface area contributed by atoms with Crippen molar-refractivity contribution in [1.29, 1.82) is 0 Å². The van der Waals surface area contributed by atoms with Gasteiger partial charge >= 0.3 is 0 Å². The second-order valence-corrected chi connectivity index (χ2v) is 7.40. The number of benzene rings is 2. The number of carbonyl (C=O) groups is 1. The minimum atomic E-state index is -0.0682. The van der Waals surface area contributed by atoms with E-state index in [1.165, 1.54) is 11.1 Å². The molecule has 1 aliphatic heterocycles. The van der Waals surface area contributed by atoms with E-state index in [-0.39, 0.29) is 29.9 Å². The number of halogens is 1. The molecule has 1 amide bonds. The summed E-state index contributed by atoms with van der Waals surface area (Å²) < 4.78 is 5.45. The van der Waals surface area contributed by atoms with Crippen LogP contribution in [-0.2, 0) is 17.8 Å². The molecule has 1 fully saturated rings. The first-order valence-electron chi connectivity index (χ1n) is 11.0. The van der Waals surface area contributed by atoms with Crippen LogP contribution in [0.5, 0.6) is 0 Å². The Bertz CT molecular complexity index is 841. The van der Waals surface area contributed by atoms with Gasteiger partial charge in [0, 0.05) is 44.8 Å². The van der Waals surface area contributed by atoms with Crippen molar-refractivity contribution in [2.24, 2.45) is 4.99 Å². The summed E-state index contributed by atoms with van der Waals surface area (Å²) in [4.78, 5) is 19.3. The zero-order valence-electron chi connectivity index (χ0n) is 18.7. The van der Waals surface area contributed by atoms with Crippen molar-refractivity contribution in [3.63, 3.8) is 0 Å². The summed E-state index contributed by atoms with van der Waals surface area (Å²) in [5.74, 6) is 0.680. The van der Waals surface area contributed by atoms with E-state index in [4.69, 9.17) is 9.73 Å². The largest absolute Gasteiger partial charge is 0.379 e. The fourth-order valence-corrected chi connectivity index (χ4v) is 3.42. The van der Waals surface area contributed by atoms with Gasteiger partial charge in [-0.15, -0.1) is 24.0 Å². The molecule has 7 nitrogen and oxygen atoms in total. The number of aliphatic imine (C=N–C) groups is 1. The molecule has 3 rings (SSSR count). The van der Waals surface area contributed by atoms with Crippen LogP contribution in [0.4, 0.5) is 0 Å². The van der Waals surface area contributed by atoms with Crippen LogP contribution in [0.1, 0.15) is 28.4 Å². The van der Waals surface area contributed by atoms with Crippen LogP contribution in [0.25, 0.3) is 0 Å². The molecule has 2 aromatic carbocycles. The van der Waals surface area contributed by atoms with E-state index in [9.17, 15) is 4.79 Å². The number of morpholine rings is 1. The van der Waals surface area contributed by atoms with Gasteiger partial charge in [0.2, 0.25) is 0 Å². The Labute approximate surface area is 208 Å². The van der Waals surface area contributed by atoms with Gasteiger partial charge in [-0.05, 0) is 30.2 Å². The molecule has 0 atom stereocenters. The van der Waals surface area contributed by atoms with E-state index in [2.05, 4.69) is 45.1 Å². The standard InChI is InChI=1S/C24H33N5O2.HI/c1-2-25-24(27-13-12-26-23(30)20-8-4-3-5-9-20)28-18-21-10-6-7-11-22(21)19-29-14-16-31-17-15-29;/h3-11H,2,12-19H2,1H3,(H,26,30)(H2,25,27,28);1H. The van der Waals surface area contributed by atoms with Gasteiger partial charge in [-0.2, -0.15) is 0 Å². The van der Waals surface area contributed by atoms with Crippen molar-refractivity contribution in [3.05, 3.63) is 71.3 Å². The second kappa shape index (κ2) is 14.8. The number of nitrogens with one attached hydrogen (secondary N) is 3. The highest BCUT2D eigenvalue weighted by molar-refractivity contribution is 14.0. The molecule has 0 bridgehead atoms. The summed E-state index contributed by atoms with van der Waals surface area (Å²) in [5.41, 5.74) is 3.20. The van der Waals surface area contributed by atoms with Gasteiger partial charge in [0.05, 0.1) is 19.8 Å². The number of carbonyl (C=O) groups excluding carboxylic acids is 1. The van der Waals surface area contributed by atoms with Crippen LogP contribution in [0, 0.1) is 0 Å². The second-order valence-electron chi connectivity index (χ2n) is 7.40. The number of ether oxygens (including phenoxy) is 1. The predicted octanol–water partition coefficient (Wildman–Crippen LogP) is 2.62. The molecule has 8 heteroatoms. The molecule has 2 aromatic rings. The van der Waals surface area contributed by atoms with E-state index in [1.54, 1.807) is 0 Å². The molecule has 0 aromatic heterocycles. The molecular formula is C24H34IN5O2. The molecule has 0 radical (unpaired) electrons. The van der Waals surface area contributed by atoms with E-state index < -0.39 is 0 Å². The Hall–Kier alpha value is -2.17. The summed E-state index contributed by atoms with van der Waals surface area (Å²) in [6.45, 7) is 9.00. The minimum Gasteiger partial charge on any atom is -0.379 e. The number of hydrogen-bond donors (Lipinski definition) is 3. The van der Waals surface area contributed by atoms with E-state index in [1.807, 2.05) is 37.3 Å². The zero-order chi connectivity index (χ0) is 21.7. The highest BCUT2D eigenvalue weighted by Gasteiger charge is 2.12. The molecule has 32 heavy (non-hydrogen) atoms. The average Bonchev–Trinajstić information content (AvgIpc) is 2.82. The average molecular weight is 551 g/mol. The third kappa shape index (κ3) is 8.76. The van der Waals surface area contributed by atoms with Gasteiger partial charge < -0.3 is 20.7 Å². The summed E-state index contributed by atoms with van der Waals surface area (Å²) in [6, 6.07) is 17.7. The summed E-state index contributed by atoms with van der Waals surface area (Å²) in [6.07, 6.45) is 0. The first-order valence-corrected chi connectivity index (χ1v) is 11.0. The molecule has 0 saturated carbocycles. The zero-order valence-corrected chi connectivity index (χ0v) is 21.0. The highest BCUT2D eigenvalue weighted by Crippen LogP contribution is 2.14. The van der Waals surface area contributed by atoms with Gasteiger partial charge in [-0.1, -0.05) is 42.5 Å². The van der Waals surface area contributed by atoms with E-state index in [0.29, 0.717) is 25.2 Å². The smallest absolute Gasteiger partial charge is 0.251 e. The molecule has 3 N–H and O–H groups in total. The molecule has 1 saturated heterocycles. The Morgan fingerprint density at radius 3 is 2.31 bits per heavy atom. The van der Waals surface area contributed by atoms with Crippen molar-refractivity contribution in [2.45, 2.75) is 20.0 Å². The van der Waals surface area contributed by atoms with Crippen molar-refractivity contribution in [3.8, 4) is 0 Å². The molecular weight excluding hydrogens is 517 g/mol. The van der Waals surface area contributed by atoms with Crippen molar-refractivity contribution in [2.75, 3.05) is 45.9 Å². The summed E-state index contributed by atoms with van der Waals surface area (Å²) in [7, 11) is 0. The van der Waals surface area contributed by atoms with Crippen LogP contribution in [0.3, 0.4) is 0 Å². The maximum Gasteiger partial charge on any atom is 0.251 e. The maximum absolute atomic E-state index is 12.1. The van der Waals surface area contributed by atoms with Crippen molar-refractivity contribution < 1.29 is 9.53 Å². The Kier molecular flexibility index (Phi) is 12.1. The van der Waals surface area contributed by atoms with Gasteiger partial charge in [-0.3, -0.25) is 9.69 Å². The summed E-state index contributed by atoms with van der Waals surface area (Å²) in [5, 5.41) is 9.49. The third-order valence-corrected chi connectivity index (χ3v) is 5.11. The molecule has 0 unspecified atom stereocenters. The Morgan fingerprint density at radius 1 is 0.938 bits per heavy atom. The van der Waals surface area contributed by atoms with Gasteiger partial charge in [0.25, 0.3) is 5.91 Å². The molecule has 0 aliphatic carbocycles. The lowest BCUT2D eigenvalue weighted by Gasteiger charge is -2.27. The van der Waals surface area contributed by atoms with E-state index in [0.717, 1.165) is 45.4 Å². The topological polar surface area (TPSA) is 78.0 Å². The van der Waals surface area contributed by atoms with Crippen LogP contribution >= 0.6 is 24.0 Å². The minimum absolute atomic E-state index is 0. The number of amides is 1. The van der Waals surface area contributed by atoms with Crippen molar-refractivity contribution in [1.82, 2.24) is 20.9 Å². The first kappa shape index (κ1) is 26.1. The molecule has 0 spiro atoms. The number of guanidine groups is 1. The highest BCUT2D eigenvalue weighted by atomic mass is 127. The number of hydrogen-bond acceptors (Lipinski definition) is 4. The molecule has 174 valence electrons. The monoisotopic (exact) mass is 551 g/mol.